The zero-order valence-corrected chi connectivity index (χ0v) is 13.3. The molecule has 1 aromatic heterocycles. The van der Waals surface area contributed by atoms with Crippen molar-refractivity contribution in [1.82, 2.24) is 14.9 Å². The summed E-state index contributed by atoms with van der Waals surface area (Å²) in [6.07, 6.45) is 4.45. The maximum absolute atomic E-state index is 13.1. The quantitative estimate of drug-likeness (QED) is 0.839. The number of rotatable bonds is 3. The lowest BCUT2D eigenvalue weighted by molar-refractivity contribution is -0.187. The molecule has 0 bridgehead atoms. The number of pyridine rings is 1. The number of hydroxylamine groups is 2. The number of carbonyl (C=O) groups excluding carboxylic acids is 1. The molecule has 0 unspecified atom stereocenters. The zero-order chi connectivity index (χ0) is 15.7. The topological polar surface area (TPSA) is 54.9 Å². The number of piperidine rings is 1. The first kappa shape index (κ1) is 15.1. The Kier molecular flexibility index (Phi) is 4.05. The Bertz CT molecular complexity index is 561. The molecular weight excluding hydrogens is 294 g/mol. The van der Waals surface area contributed by atoms with Crippen molar-refractivity contribution in [3.05, 3.63) is 30.1 Å². The van der Waals surface area contributed by atoms with Crippen LogP contribution >= 0.6 is 0 Å². The Balaban J connectivity index is 1.52. The van der Waals surface area contributed by atoms with Gasteiger partial charge in [-0.3, -0.25) is 19.5 Å². The highest BCUT2D eigenvalue weighted by Gasteiger charge is 2.55. The van der Waals surface area contributed by atoms with E-state index in [2.05, 4.69) is 9.88 Å². The van der Waals surface area contributed by atoms with Crippen LogP contribution in [-0.2, 0) is 20.9 Å². The molecule has 124 valence electrons. The van der Waals surface area contributed by atoms with Crippen molar-refractivity contribution in [3.63, 3.8) is 0 Å². The van der Waals surface area contributed by atoms with Gasteiger partial charge in [-0.15, -0.1) is 0 Å². The summed E-state index contributed by atoms with van der Waals surface area (Å²) in [5.74, 6) is 0.114. The summed E-state index contributed by atoms with van der Waals surface area (Å²) in [4.78, 5) is 25.3. The summed E-state index contributed by atoms with van der Waals surface area (Å²) in [6.45, 7) is 4.47. The summed E-state index contributed by atoms with van der Waals surface area (Å²) < 4.78 is 5.89. The summed E-state index contributed by atoms with van der Waals surface area (Å²) in [5, 5.41) is 1.58. The van der Waals surface area contributed by atoms with Crippen LogP contribution in [0.1, 0.15) is 25.0 Å². The molecule has 23 heavy (non-hydrogen) atoms. The fourth-order valence-electron chi connectivity index (χ4n) is 4.05. The Morgan fingerprint density at radius 3 is 3.09 bits per heavy atom. The summed E-state index contributed by atoms with van der Waals surface area (Å²) >= 11 is 0. The molecule has 3 fully saturated rings. The van der Waals surface area contributed by atoms with Crippen LogP contribution < -0.4 is 0 Å². The molecule has 6 heteroatoms. The van der Waals surface area contributed by atoms with Gasteiger partial charge < -0.3 is 4.74 Å². The molecular formula is C17H23N3O3. The van der Waals surface area contributed by atoms with E-state index in [4.69, 9.17) is 9.57 Å². The SMILES string of the molecule is O=C(N1CCCO1)[C@@]12CCO[C@@H]1CCN(Cc1ccccn1)C2. The van der Waals surface area contributed by atoms with Crippen molar-refractivity contribution >= 4 is 5.91 Å². The minimum Gasteiger partial charge on any atom is -0.377 e. The first-order valence-electron chi connectivity index (χ1n) is 8.47. The molecule has 2 atom stereocenters. The van der Waals surface area contributed by atoms with Crippen LogP contribution in [0.4, 0.5) is 0 Å². The van der Waals surface area contributed by atoms with Gasteiger partial charge in [-0.1, -0.05) is 6.07 Å². The molecule has 4 rings (SSSR count). The summed E-state index contributed by atoms with van der Waals surface area (Å²) in [7, 11) is 0. The van der Waals surface area contributed by atoms with Crippen molar-refractivity contribution in [2.75, 3.05) is 32.8 Å². The van der Waals surface area contributed by atoms with Gasteiger partial charge in [0.1, 0.15) is 0 Å². The summed E-state index contributed by atoms with van der Waals surface area (Å²) in [5.41, 5.74) is 0.599. The molecule has 4 heterocycles. The van der Waals surface area contributed by atoms with E-state index in [9.17, 15) is 4.79 Å². The van der Waals surface area contributed by atoms with E-state index in [-0.39, 0.29) is 12.0 Å². The molecule has 1 amide bonds. The van der Waals surface area contributed by atoms with Crippen LogP contribution in [0.5, 0.6) is 0 Å². The van der Waals surface area contributed by atoms with Crippen molar-refractivity contribution < 1.29 is 14.4 Å². The summed E-state index contributed by atoms with van der Waals surface area (Å²) in [6, 6.07) is 5.97. The molecule has 0 radical (unpaired) electrons. The average Bonchev–Trinajstić information content (AvgIpc) is 3.25. The Morgan fingerprint density at radius 2 is 2.30 bits per heavy atom. The second kappa shape index (κ2) is 6.19. The van der Waals surface area contributed by atoms with Gasteiger partial charge in [-0.25, -0.2) is 5.06 Å². The fourth-order valence-corrected chi connectivity index (χ4v) is 4.05. The number of hydrogen-bond donors (Lipinski definition) is 0. The highest BCUT2D eigenvalue weighted by Crippen LogP contribution is 2.43. The number of nitrogens with zero attached hydrogens (tertiary/aromatic N) is 3. The highest BCUT2D eigenvalue weighted by atomic mass is 16.7. The predicted octanol–water partition coefficient (Wildman–Crippen LogP) is 1.23. The number of hydrogen-bond acceptors (Lipinski definition) is 5. The minimum absolute atomic E-state index is 0.0270. The molecule has 3 aliphatic heterocycles. The van der Waals surface area contributed by atoms with Gasteiger partial charge in [-0.05, 0) is 31.4 Å². The highest BCUT2D eigenvalue weighted by molar-refractivity contribution is 5.83. The van der Waals surface area contributed by atoms with Crippen LogP contribution in [-0.4, -0.2) is 59.8 Å². The van der Waals surface area contributed by atoms with E-state index >= 15 is 0 Å². The van der Waals surface area contributed by atoms with Crippen molar-refractivity contribution in [2.24, 2.45) is 5.41 Å². The van der Waals surface area contributed by atoms with Gasteiger partial charge in [0.15, 0.2) is 0 Å². The minimum atomic E-state index is -0.447. The first-order valence-corrected chi connectivity index (χ1v) is 8.47. The van der Waals surface area contributed by atoms with Crippen molar-refractivity contribution in [1.29, 1.82) is 0 Å². The lowest BCUT2D eigenvalue weighted by Crippen LogP contribution is -2.57. The van der Waals surface area contributed by atoms with E-state index in [1.54, 1.807) is 5.06 Å². The van der Waals surface area contributed by atoms with Crippen LogP contribution in [0.3, 0.4) is 0 Å². The van der Waals surface area contributed by atoms with Gasteiger partial charge >= 0.3 is 0 Å². The predicted molar refractivity (Wildman–Crippen MR) is 83.2 cm³/mol. The molecule has 0 spiro atoms. The maximum atomic E-state index is 13.1. The molecule has 0 N–H and O–H groups in total. The number of carbonyl (C=O) groups is 1. The molecule has 0 aliphatic carbocycles. The molecule has 3 saturated heterocycles. The monoisotopic (exact) mass is 317 g/mol. The standard InChI is InChI=1S/C17H23N3O3/c21-16(20-8-3-10-23-20)17-6-11-22-15(17)5-9-19(13-17)12-14-4-1-2-7-18-14/h1-2,4,7,15H,3,5-6,8-13H2/t15-,17-/m1/s1. The van der Waals surface area contributed by atoms with Crippen LogP contribution in [0.2, 0.25) is 0 Å². The number of ether oxygens (including phenoxy) is 1. The third-order valence-electron chi connectivity index (χ3n) is 5.21. The first-order chi connectivity index (χ1) is 11.3. The molecule has 1 aromatic rings. The number of fused-ring (bicyclic) bond motifs is 1. The second-order valence-electron chi connectivity index (χ2n) is 6.68. The van der Waals surface area contributed by atoms with E-state index in [1.807, 2.05) is 24.4 Å². The normalized spacial score (nSPS) is 31.3. The van der Waals surface area contributed by atoms with E-state index in [0.717, 1.165) is 44.6 Å². The molecule has 6 nitrogen and oxygen atoms in total. The van der Waals surface area contributed by atoms with Gasteiger partial charge in [0.05, 0.1) is 30.4 Å². The van der Waals surface area contributed by atoms with Crippen molar-refractivity contribution in [2.45, 2.75) is 31.9 Å². The zero-order valence-electron chi connectivity index (χ0n) is 13.3. The van der Waals surface area contributed by atoms with Gasteiger partial charge in [-0.2, -0.15) is 0 Å². The van der Waals surface area contributed by atoms with Gasteiger partial charge in [0.25, 0.3) is 5.91 Å². The fraction of sp³-hybridized carbons (Fsp3) is 0.647. The smallest absolute Gasteiger partial charge is 0.256 e. The second-order valence-corrected chi connectivity index (χ2v) is 6.68. The largest absolute Gasteiger partial charge is 0.377 e. The van der Waals surface area contributed by atoms with Gasteiger partial charge in [0, 0.05) is 32.4 Å². The van der Waals surface area contributed by atoms with Crippen LogP contribution in [0.25, 0.3) is 0 Å². The number of likely N-dealkylation sites (tertiary alicyclic amines) is 1. The molecule has 0 saturated carbocycles. The Hall–Kier alpha value is -1.50. The van der Waals surface area contributed by atoms with E-state index in [1.165, 1.54) is 0 Å². The van der Waals surface area contributed by atoms with Gasteiger partial charge in [0.2, 0.25) is 0 Å². The lowest BCUT2D eigenvalue weighted by Gasteiger charge is -2.43. The molecule has 0 aromatic carbocycles. The lowest BCUT2D eigenvalue weighted by atomic mass is 9.75. The third kappa shape index (κ3) is 2.75. The maximum Gasteiger partial charge on any atom is 0.256 e. The Labute approximate surface area is 136 Å². The van der Waals surface area contributed by atoms with Crippen molar-refractivity contribution in [3.8, 4) is 0 Å². The van der Waals surface area contributed by atoms with Crippen LogP contribution in [0, 0.1) is 5.41 Å². The Morgan fingerprint density at radius 1 is 1.35 bits per heavy atom. The van der Waals surface area contributed by atoms with Crippen LogP contribution in [0.15, 0.2) is 24.4 Å². The number of aromatic nitrogens is 1. The van der Waals surface area contributed by atoms with E-state index in [0.29, 0.717) is 19.8 Å². The van der Waals surface area contributed by atoms with E-state index < -0.39 is 5.41 Å². The third-order valence-corrected chi connectivity index (χ3v) is 5.21. The number of amides is 1. The molecule has 3 aliphatic rings. The average molecular weight is 317 g/mol.